The summed E-state index contributed by atoms with van der Waals surface area (Å²) in [6.45, 7) is 3.34. The summed E-state index contributed by atoms with van der Waals surface area (Å²) >= 11 is 0. The number of ether oxygens (including phenoxy) is 1. The molecule has 152 valence electrons. The van der Waals surface area contributed by atoms with Crippen LogP contribution in [0.25, 0.3) is 0 Å². The Balaban J connectivity index is 1.63. The Morgan fingerprint density at radius 2 is 2.07 bits per heavy atom. The number of nitrogens with zero attached hydrogens (tertiary/aromatic N) is 1. The summed E-state index contributed by atoms with van der Waals surface area (Å²) in [5.41, 5.74) is 1.99. The number of rotatable bonds is 7. The van der Waals surface area contributed by atoms with E-state index in [1.54, 1.807) is 4.90 Å². The Morgan fingerprint density at radius 3 is 2.68 bits per heavy atom. The fraction of sp³-hybridized carbons (Fsp3) is 0.571. The smallest absolute Gasteiger partial charge is 0.326 e. The van der Waals surface area contributed by atoms with Gasteiger partial charge in [-0.3, -0.25) is 9.59 Å². The number of nitrogens with one attached hydrogen (secondary N) is 1. The maximum atomic E-state index is 12.7. The molecule has 2 saturated heterocycles. The van der Waals surface area contributed by atoms with Crippen LogP contribution in [-0.4, -0.2) is 48.7 Å². The van der Waals surface area contributed by atoms with Crippen LogP contribution in [0.15, 0.2) is 24.3 Å². The van der Waals surface area contributed by atoms with Crippen molar-refractivity contribution < 1.29 is 24.2 Å². The quantitative estimate of drug-likeness (QED) is 0.745. The van der Waals surface area contributed by atoms with Gasteiger partial charge in [0.15, 0.2) is 0 Å². The number of carboxylic acid groups (broad SMARTS) is 1. The summed E-state index contributed by atoms with van der Waals surface area (Å²) in [6, 6.07) is 6.84. The number of amides is 2. The van der Waals surface area contributed by atoms with Crippen LogP contribution in [0.5, 0.6) is 0 Å². The zero-order valence-corrected chi connectivity index (χ0v) is 16.2. The molecule has 3 unspecified atom stereocenters. The number of carbonyl (C=O) groups excluding carboxylic acids is 2. The molecule has 28 heavy (non-hydrogen) atoms. The SMILES string of the molecule is CCCc1ccc(N2CC(C(=O)NC(C(=O)O)C3CCCOC3)CC2=O)cc1. The summed E-state index contributed by atoms with van der Waals surface area (Å²) < 4.78 is 5.36. The highest BCUT2D eigenvalue weighted by Crippen LogP contribution is 2.26. The summed E-state index contributed by atoms with van der Waals surface area (Å²) in [5, 5.41) is 12.2. The first kappa shape index (κ1) is 20.3. The van der Waals surface area contributed by atoms with Crippen LogP contribution >= 0.6 is 0 Å². The highest BCUT2D eigenvalue weighted by Gasteiger charge is 2.38. The summed E-state index contributed by atoms with van der Waals surface area (Å²) in [7, 11) is 0. The maximum Gasteiger partial charge on any atom is 0.326 e. The molecule has 7 nitrogen and oxygen atoms in total. The highest BCUT2D eigenvalue weighted by atomic mass is 16.5. The molecule has 0 bridgehead atoms. The molecule has 2 fully saturated rings. The van der Waals surface area contributed by atoms with Crippen LogP contribution < -0.4 is 10.2 Å². The topological polar surface area (TPSA) is 95.9 Å². The van der Waals surface area contributed by atoms with E-state index in [0.29, 0.717) is 19.6 Å². The van der Waals surface area contributed by atoms with E-state index in [9.17, 15) is 19.5 Å². The van der Waals surface area contributed by atoms with Crippen molar-refractivity contribution in [3.63, 3.8) is 0 Å². The predicted molar refractivity (Wildman–Crippen MR) is 104 cm³/mol. The molecule has 0 aromatic heterocycles. The molecule has 2 N–H and O–H groups in total. The third kappa shape index (κ3) is 4.70. The number of hydrogen-bond donors (Lipinski definition) is 2. The number of aliphatic carboxylic acids is 1. The molecule has 1 aromatic carbocycles. The Morgan fingerprint density at radius 1 is 1.32 bits per heavy atom. The molecule has 1 aromatic rings. The molecule has 2 aliphatic heterocycles. The van der Waals surface area contributed by atoms with Gasteiger partial charge >= 0.3 is 5.97 Å². The van der Waals surface area contributed by atoms with Crippen LogP contribution in [0.2, 0.25) is 0 Å². The summed E-state index contributed by atoms with van der Waals surface area (Å²) in [5.74, 6) is -2.34. The number of hydrogen-bond acceptors (Lipinski definition) is 4. The standard InChI is InChI=1S/C21H28N2O5/c1-2-4-14-6-8-17(9-7-14)23-12-16(11-18(23)24)20(25)22-19(21(26)27)15-5-3-10-28-13-15/h6-9,15-16,19H,2-5,10-13H2,1H3,(H,22,25)(H,26,27). The number of carboxylic acids is 1. The molecule has 2 aliphatic rings. The lowest BCUT2D eigenvalue weighted by Gasteiger charge is -2.28. The third-order valence-electron chi connectivity index (χ3n) is 5.51. The van der Waals surface area contributed by atoms with E-state index < -0.39 is 17.9 Å². The third-order valence-corrected chi connectivity index (χ3v) is 5.51. The Labute approximate surface area is 165 Å². The van der Waals surface area contributed by atoms with Crippen LogP contribution in [0.4, 0.5) is 5.69 Å². The lowest BCUT2D eigenvalue weighted by Crippen LogP contribution is -2.50. The molecule has 2 heterocycles. The largest absolute Gasteiger partial charge is 0.480 e. The fourth-order valence-corrected chi connectivity index (χ4v) is 3.94. The maximum absolute atomic E-state index is 12.7. The van der Waals surface area contributed by atoms with Crippen LogP contribution in [0.1, 0.15) is 38.2 Å². The predicted octanol–water partition coefficient (Wildman–Crippen LogP) is 1.99. The number of anilines is 1. The number of aryl methyl sites for hydroxylation is 1. The average Bonchev–Trinajstić information content (AvgIpc) is 3.09. The van der Waals surface area contributed by atoms with Crippen molar-refractivity contribution in [2.75, 3.05) is 24.7 Å². The fourth-order valence-electron chi connectivity index (χ4n) is 3.94. The summed E-state index contributed by atoms with van der Waals surface area (Å²) in [6.07, 6.45) is 3.63. The van der Waals surface area contributed by atoms with Crippen molar-refractivity contribution in [1.29, 1.82) is 0 Å². The first-order valence-electron chi connectivity index (χ1n) is 9.99. The van der Waals surface area contributed by atoms with Gasteiger partial charge in [0.05, 0.1) is 12.5 Å². The molecule has 3 rings (SSSR count). The first-order chi connectivity index (χ1) is 13.5. The summed E-state index contributed by atoms with van der Waals surface area (Å²) in [4.78, 5) is 38.3. The van der Waals surface area contributed by atoms with Crippen LogP contribution in [-0.2, 0) is 25.5 Å². The minimum Gasteiger partial charge on any atom is -0.480 e. The number of benzene rings is 1. The van der Waals surface area contributed by atoms with Gasteiger partial charge in [-0.1, -0.05) is 25.5 Å². The lowest BCUT2D eigenvalue weighted by atomic mass is 9.93. The molecular weight excluding hydrogens is 360 g/mol. The van der Waals surface area contributed by atoms with E-state index >= 15 is 0 Å². The normalized spacial score (nSPS) is 23.5. The lowest BCUT2D eigenvalue weighted by molar-refractivity contribution is -0.145. The Bertz CT molecular complexity index is 712. The number of carbonyl (C=O) groups is 3. The molecular formula is C21H28N2O5. The second kappa shape index (κ2) is 9.19. The van der Waals surface area contributed by atoms with Gasteiger partial charge < -0.3 is 20.1 Å². The molecule has 0 aliphatic carbocycles. The van der Waals surface area contributed by atoms with Crippen molar-refractivity contribution in [3.05, 3.63) is 29.8 Å². The van der Waals surface area contributed by atoms with E-state index in [2.05, 4.69) is 12.2 Å². The van der Waals surface area contributed by atoms with Crippen molar-refractivity contribution in [1.82, 2.24) is 5.32 Å². The second-order valence-corrected chi connectivity index (χ2v) is 7.62. The van der Waals surface area contributed by atoms with Gasteiger partial charge in [-0.15, -0.1) is 0 Å². The zero-order chi connectivity index (χ0) is 20.1. The van der Waals surface area contributed by atoms with Gasteiger partial charge in [0.2, 0.25) is 11.8 Å². The van der Waals surface area contributed by atoms with Gasteiger partial charge in [0, 0.05) is 31.2 Å². The minimum atomic E-state index is -1.06. The molecule has 0 radical (unpaired) electrons. The van der Waals surface area contributed by atoms with Gasteiger partial charge in [-0.2, -0.15) is 0 Å². The van der Waals surface area contributed by atoms with E-state index in [0.717, 1.165) is 24.9 Å². The van der Waals surface area contributed by atoms with Crippen LogP contribution in [0, 0.1) is 11.8 Å². The monoisotopic (exact) mass is 388 g/mol. The van der Waals surface area contributed by atoms with Crippen molar-refractivity contribution >= 4 is 23.5 Å². The van der Waals surface area contributed by atoms with Crippen LogP contribution in [0.3, 0.4) is 0 Å². The van der Waals surface area contributed by atoms with Crippen molar-refractivity contribution in [3.8, 4) is 0 Å². The van der Waals surface area contributed by atoms with E-state index in [4.69, 9.17) is 4.74 Å². The molecule has 2 amide bonds. The van der Waals surface area contributed by atoms with Gasteiger partial charge in [0.25, 0.3) is 0 Å². The first-order valence-corrected chi connectivity index (χ1v) is 9.99. The van der Waals surface area contributed by atoms with Gasteiger partial charge in [0.1, 0.15) is 6.04 Å². The molecule has 0 spiro atoms. The Kier molecular flexibility index (Phi) is 6.67. The van der Waals surface area contributed by atoms with E-state index in [-0.39, 0.29) is 30.7 Å². The Hall–Kier alpha value is -2.41. The van der Waals surface area contributed by atoms with Crippen molar-refractivity contribution in [2.24, 2.45) is 11.8 Å². The van der Waals surface area contributed by atoms with E-state index in [1.165, 1.54) is 5.56 Å². The minimum absolute atomic E-state index is 0.0933. The highest BCUT2D eigenvalue weighted by molar-refractivity contribution is 6.00. The zero-order valence-electron chi connectivity index (χ0n) is 16.2. The second-order valence-electron chi connectivity index (χ2n) is 7.62. The van der Waals surface area contributed by atoms with Gasteiger partial charge in [-0.25, -0.2) is 4.79 Å². The van der Waals surface area contributed by atoms with E-state index in [1.807, 2.05) is 24.3 Å². The van der Waals surface area contributed by atoms with Gasteiger partial charge in [-0.05, 0) is 37.0 Å². The average molecular weight is 388 g/mol. The molecule has 3 atom stereocenters. The van der Waals surface area contributed by atoms with Crippen molar-refractivity contribution in [2.45, 2.75) is 45.1 Å². The molecule has 0 saturated carbocycles. The molecule has 7 heteroatoms.